The van der Waals surface area contributed by atoms with Crippen LogP contribution >= 0.6 is 11.6 Å². The zero-order chi connectivity index (χ0) is 18.0. The summed E-state index contributed by atoms with van der Waals surface area (Å²) in [6.45, 7) is 0. The number of nitrogens with one attached hydrogen (secondary N) is 2. The molecule has 0 aromatic heterocycles. The number of carbonyl (C=O) groups excluding carboxylic acids is 2. The number of hydrogen-bond donors (Lipinski definition) is 2. The van der Waals surface area contributed by atoms with Crippen molar-refractivity contribution in [1.82, 2.24) is 0 Å². The zero-order valence-corrected chi connectivity index (χ0v) is 14.2. The van der Waals surface area contributed by atoms with Crippen LogP contribution in [-0.2, 0) is 9.59 Å². The highest BCUT2D eigenvalue weighted by Gasteiger charge is 2.34. The van der Waals surface area contributed by atoms with Crippen LogP contribution in [0.25, 0.3) is 0 Å². The van der Waals surface area contributed by atoms with Gasteiger partial charge in [0.25, 0.3) is 17.9 Å². The highest BCUT2D eigenvalue weighted by molar-refractivity contribution is 6.32. The number of anilines is 2. The molecule has 3 rings (SSSR count). The fraction of sp³-hybridized carbons (Fsp3) is 0.176. The van der Waals surface area contributed by atoms with E-state index in [9.17, 15) is 9.59 Å². The maximum absolute atomic E-state index is 12.5. The van der Waals surface area contributed by atoms with Gasteiger partial charge in [0.15, 0.2) is 0 Å². The van der Waals surface area contributed by atoms with Crippen LogP contribution in [0.5, 0.6) is 17.2 Å². The number of ether oxygens (including phenoxy) is 3. The second kappa shape index (κ2) is 6.90. The lowest BCUT2D eigenvalue weighted by Crippen LogP contribution is -2.45. The summed E-state index contributed by atoms with van der Waals surface area (Å²) < 4.78 is 15.8. The molecule has 0 saturated heterocycles. The average molecular weight is 363 g/mol. The monoisotopic (exact) mass is 362 g/mol. The van der Waals surface area contributed by atoms with Gasteiger partial charge in [0.05, 0.1) is 30.6 Å². The van der Waals surface area contributed by atoms with E-state index in [2.05, 4.69) is 10.6 Å². The van der Waals surface area contributed by atoms with Gasteiger partial charge in [0.2, 0.25) is 0 Å². The summed E-state index contributed by atoms with van der Waals surface area (Å²) in [5.41, 5.74) is 0.815. The molecule has 1 atom stereocenters. The van der Waals surface area contributed by atoms with E-state index < -0.39 is 17.9 Å². The van der Waals surface area contributed by atoms with Crippen molar-refractivity contribution in [2.45, 2.75) is 6.10 Å². The average Bonchev–Trinajstić information content (AvgIpc) is 2.61. The van der Waals surface area contributed by atoms with Gasteiger partial charge in [-0.2, -0.15) is 0 Å². The Labute approximate surface area is 148 Å². The molecular formula is C17H15ClN2O5. The molecule has 1 heterocycles. The molecule has 0 unspecified atom stereocenters. The van der Waals surface area contributed by atoms with E-state index in [0.717, 1.165) is 0 Å². The quantitative estimate of drug-likeness (QED) is 0.817. The van der Waals surface area contributed by atoms with Crippen molar-refractivity contribution >= 4 is 34.8 Å². The molecule has 0 saturated carbocycles. The molecule has 2 N–H and O–H groups in total. The van der Waals surface area contributed by atoms with Crippen LogP contribution in [0, 0.1) is 0 Å². The van der Waals surface area contributed by atoms with E-state index >= 15 is 0 Å². The fourth-order valence-corrected chi connectivity index (χ4v) is 2.62. The van der Waals surface area contributed by atoms with Crippen molar-refractivity contribution in [3.8, 4) is 17.2 Å². The largest absolute Gasteiger partial charge is 0.495 e. The van der Waals surface area contributed by atoms with Crippen molar-refractivity contribution in [2.75, 3.05) is 24.9 Å². The molecule has 0 radical (unpaired) electrons. The van der Waals surface area contributed by atoms with Crippen molar-refractivity contribution in [1.29, 1.82) is 0 Å². The van der Waals surface area contributed by atoms with E-state index in [-0.39, 0.29) is 5.02 Å². The molecule has 0 fully saturated rings. The summed E-state index contributed by atoms with van der Waals surface area (Å²) >= 11 is 6.08. The Morgan fingerprint density at radius 1 is 1.20 bits per heavy atom. The van der Waals surface area contributed by atoms with Gasteiger partial charge in [-0.15, -0.1) is 0 Å². The summed E-state index contributed by atoms with van der Waals surface area (Å²) in [5.74, 6) is -0.0494. The maximum atomic E-state index is 12.5. The Bertz CT molecular complexity index is 840. The predicted molar refractivity (Wildman–Crippen MR) is 92.7 cm³/mol. The Hall–Kier alpha value is -2.93. The molecule has 25 heavy (non-hydrogen) atoms. The molecule has 0 bridgehead atoms. The third-order valence-corrected chi connectivity index (χ3v) is 3.89. The molecule has 2 aromatic carbocycles. The molecular weight excluding hydrogens is 348 g/mol. The molecule has 1 aliphatic heterocycles. The van der Waals surface area contributed by atoms with E-state index in [4.69, 9.17) is 25.8 Å². The minimum atomic E-state index is -1.33. The third-order valence-electron chi connectivity index (χ3n) is 3.60. The molecule has 7 nitrogen and oxygen atoms in total. The number of hydrogen-bond acceptors (Lipinski definition) is 5. The van der Waals surface area contributed by atoms with E-state index in [1.54, 1.807) is 24.3 Å². The number of methoxy groups -OCH3 is 2. The van der Waals surface area contributed by atoms with Crippen molar-refractivity contribution < 1.29 is 23.8 Å². The van der Waals surface area contributed by atoms with Gasteiger partial charge in [0, 0.05) is 6.07 Å². The first kappa shape index (κ1) is 16.9. The minimum absolute atomic E-state index is 0.290. The molecule has 8 heteroatoms. The zero-order valence-electron chi connectivity index (χ0n) is 13.5. The minimum Gasteiger partial charge on any atom is -0.495 e. The van der Waals surface area contributed by atoms with Gasteiger partial charge in [-0.1, -0.05) is 23.7 Å². The Kier molecular flexibility index (Phi) is 4.67. The third kappa shape index (κ3) is 3.32. The van der Waals surface area contributed by atoms with Crippen LogP contribution in [-0.4, -0.2) is 32.1 Å². The van der Waals surface area contributed by atoms with Crippen LogP contribution in [0.4, 0.5) is 11.4 Å². The highest BCUT2D eigenvalue weighted by Crippen LogP contribution is 2.36. The number of halogens is 1. The molecule has 0 spiro atoms. The normalized spacial score (nSPS) is 15.5. The van der Waals surface area contributed by atoms with E-state index in [1.165, 1.54) is 26.4 Å². The summed E-state index contributed by atoms with van der Waals surface area (Å²) in [6, 6.07) is 9.87. The van der Waals surface area contributed by atoms with Crippen LogP contribution in [0.3, 0.4) is 0 Å². The first-order valence-corrected chi connectivity index (χ1v) is 7.70. The molecule has 2 amide bonds. The Morgan fingerprint density at radius 3 is 2.64 bits per heavy atom. The lowest BCUT2D eigenvalue weighted by Gasteiger charge is -2.25. The van der Waals surface area contributed by atoms with Crippen molar-refractivity contribution in [3.05, 3.63) is 41.4 Å². The van der Waals surface area contributed by atoms with Crippen LogP contribution in [0.2, 0.25) is 5.02 Å². The van der Waals surface area contributed by atoms with Gasteiger partial charge < -0.3 is 24.8 Å². The topological polar surface area (TPSA) is 85.9 Å². The number of carbonyl (C=O) groups is 2. The second-order valence-electron chi connectivity index (χ2n) is 5.16. The van der Waals surface area contributed by atoms with Gasteiger partial charge in [-0.05, 0) is 18.2 Å². The van der Waals surface area contributed by atoms with E-state index in [0.29, 0.717) is 28.6 Å². The van der Waals surface area contributed by atoms with Crippen LogP contribution < -0.4 is 24.8 Å². The highest BCUT2D eigenvalue weighted by atomic mass is 35.5. The Morgan fingerprint density at radius 2 is 1.92 bits per heavy atom. The lowest BCUT2D eigenvalue weighted by atomic mass is 10.2. The Balaban J connectivity index is 1.83. The lowest BCUT2D eigenvalue weighted by molar-refractivity contribution is -0.133. The number of amides is 2. The standard InChI is InChI=1S/C17H15ClN2O5/c1-23-13-8-14(24-2)11(7-9(13)18)20-17(22)15-16(21)19-10-5-3-4-6-12(10)25-15/h3-8,15H,1-2H3,(H,19,21)(H,20,22)/t15-/m0/s1. The smallest absolute Gasteiger partial charge is 0.275 e. The first-order valence-electron chi connectivity index (χ1n) is 7.32. The fourth-order valence-electron chi connectivity index (χ4n) is 2.38. The van der Waals surface area contributed by atoms with Gasteiger partial charge >= 0.3 is 0 Å². The SMILES string of the molecule is COc1cc(OC)c(NC(=O)[C@H]2Oc3ccccc3NC2=O)cc1Cl. The molecule has 130 valence electrons. The summed E-state index contributed by atoms with van der Waals surface area (Å²) in [6.07, 6.45) is -1.33. The van der Waals surface area contributed by atoms with Crippen LogP contribution in [0.1, 0.15) is 0 Å². The first-order chi connectivity index (χ1) is 12.0. The molecule has 1 aliphatic rings. The molecule has 2 aromatic rings. The van der Waals surface area contributed by atoms with E-state index in [1.807, 2.05) is 0 Å². The summed E-state index contributed by atoms with van der Waals surface area (Å²) in [5, 5.41) is 5.52. The molecule has 0 aliphatic carbocycles. The second-order valence-corrected chi connectivity index (χ2v) is 5.57. The van der Waals surface area contributed by atoms with Gasteiger partial charge in [-0.25, -0.2) is 0 Å². The maximum Gasteiger partial charge on any atom is 0.275 e. The van der Waals surface area contributed by atoms with Crippen molar-refractivity contribution in [3.63, 3.8) is 0 Å². The van der Waals surface area contributed by atoms with Gasteiger partial charge in [-0.3, -0.25) is 9.59 Å². The number of fused-ring (bicyclic) bond motifs is 1. The van der Waals surface area contributed by atoms with Gasteiger partial charge in [0.1, 0.15) is 17.2 Å². The summed E-state index contributed by atoms with van der Waals surface area (Å²) in [4.78, 5) is 24.6. The van der Waals surface area contributed by atoms with Crippen molar-refractivity contribution in [2.24, 2.45) is 0 Å². The predicted octanol–water partition coefficient (Wildman–Crippen LogP) is 2.70. The number of benzene rings is 2. The van der Waals surface area contributed by atoms with Crippen LogP contribution in [0.15, 0.2) is 36.4 Å². The number of para-hydroxylation sites is 2. The number of rotatable bonds is 4. The summed E-state index contributed by atoms with van der Waals surface area (Å²) in [7, 11) is 2.91.